The second-order valence-corrected chi connectivity index (χ2v) is 14.5. The molecule has 2 heterocycles. The van der Waals surface area contributed by atoms with Gasteiger partial charge in [-0.2, -0.15) is 0 Å². The van der Waals surface area contributed by atoms with Crippen LogP contribution in [0.4, 0.5) is 9.59 Å². The first kappa shape index (κ1) is 38.4. The Morgan fingerprint density at radius 1 is 0.708 bits per heavy atom. The molecular weight excluding hydrogens is 632 g/mol. The van der Waals surface area contributed by atoms with Crippen molar-refractivity contribution in [2.24, 2.45) is 0 Å². The van der Waals surface area contributed by atoms with Gasteiger partial charge in [-0.25, -0.2) is 9.59 Å². The molecule has 0 radical (unpaired) electrons. The molecule has 2 atom stereocenters. The number of alkyl carbamates (subject to hydrolysis) is 2. The minimum Gasteiger partial charge on any atom is -0.497 e. The van der Waals surface area contributed by atoms with Crippen molar-refractivity contribution < 1.29 is 33.3 Å². The number of carbonyl (C=O) groups excluding carboxylic acids is 3. The Bertz CT molecular complexity index is 1270. The zero-order chi connectivity index (χ0) is 35.5. The molecule has 0 spiro atoms. The van der Waals surface area contributed by atoms with E-state index in [1.165, 1.54) is 0 Å². The molecule has 0 saturated carbocycles. The number of thiocarbonyl (C=S) groups is 1. The summed E-state index contributed by atoms with van der Waals surface area (Å²) < 4.78 is 20.9. The van der Waals surface area contributed by atoms with E-state index in [9.17, 15) is 14.4 Å². The maximum absolute atomic E-state index is 12.1. The highest BCUT2D eigenvalue weighted by Crippen LogP contribution is 2.20. The molecule has 0 aliphatic carbocycles. The average molecular weight is 685 g/mol. The van der Waals surface area contributed by atoms with Gasteiger partial charge in [0.05, 0.1) is 31.3 Å². The standard InChI is InChI=1S/C18H26N2O4.C18H26N2O3S/c1-18(2,3)24-17(22)19-14-7-10-16(21)20(12-14)11-13-5-8-15(23-4)9-6-13;1-18(2,3)23-17(21)19-14-7-10-16(24)20(12-14)11-13-5-8-15(22-4)9-6-13/h5-6,8-9,14H,7,10-12H2,1-4H3,(H,19,22);5-6,8-9,14H,7,10-12H2,1-4H3,(H,19,21). The van der Waals surface area contributed by atoms with Crippen molar-refractivity contribution in [1.29, 1.82) is 0 Å². The fourth-order valence-corrected chi connectivity index (χ4v) is 5.48. The minimum absolute atomic E-state index is 0.0461. The van der Waals surface area contributed by atoms with Gasteiger partial charge >= 0.3 is 12.2 Å². The Balaban J connectivity index is 0.000000260. The number of ether oxygens (including phenoxy) is 4. The van der Waals surface area contributed by atoms with Gasteiger partial charge in [-0.1, -0.05) is 36.5 Å². The molecule has 11 nitrogen and oxygen atoms in total. The number of carbonyl (C=O) groups is 3. The Labute approximate surface area is 290 Å². The lowest BCUT2D eigenvalue weighted by molar-refractivity contribution is -0.134. The summed E-state index contributed by atoms with van der Waals surface area (Å²) in [7, 11) is 3.28. The number of likely N-dealkylation sites (tertiary alicyclic amines) is 2. The maximum Gasteiger partial charge on any atom is 0.407 e. The summed E-state index contributed by atoms with van der Waals surface area (Å²) in [5.41, 5.74) is 1.17. The van der Waals surface area contributed by atoms with Gasteiger partial charge in [0.1, 0.15) is 22.7 Å². The van der Waals surface area contributed by atoms with Crippen molar-refractivity contribution in [3.8, 4) is 11.5 Å². The number of amides is 3. The van der Waals surface area contributed by atoms with Gasteiger partial charge in [0.25, 0.3) is 0 Å². The van der Waals surface area contributed by atoms with Crippen LogP contribution in [0.25, 0.3) is 0 Å². The van der Waals surface area contributed by atoms with Gasteiger partial charge in [0.2, 0.25) is 5.91 Å². The predicted octanol–water partition coefficient (Wildman–Crippen LogP) is 6.22. The Kier molecular flexibility index (Phi) is 13.9. The van der Waals surface area contributed by atoms with Crippen LogP contribution in [0.3, 0.4) is 0 Å². The molecular formula is C36H52N4O7S. The van der Waals surface area contributed by atoms with Gasteiger partial charge < -0.3 is 39.4 Å². The van der Waals surface area contributed by atoms with Crippen LogP contribution in [-0.4, -0.2) is 83.5 Å². The molecule has 2 aromatic carbocycles. The zero-order valence-corrected chi connectivity index (χ0v) is 30.4. The third-order valence-electron chi connectivity index (χ3n) is 7.51. The lowest BCUT2D eigenvalue weighted by Gasteiger charge is -2.35. The molecule has 2 N–H and O–H groups in total. The summed E-state index contributed by atoms with van der Waals surface area (Å²) in [6, 6.07) is 15.5. The number of hydrogen-bond donors (Lipinski definition) is 2. The maximum atomic E-state index is 12.1. The van der Waals surface area contributed by atoms with Gasteiger partial charge in [-0.3, -0.25) is 4.79 Å². The summed E-state index contributed by atoms with van der Waals surface area (Å²) in [6.45, 7) is 13.5. The van der Waals surface area contributed by atoms with E-state index in [2.05, 4.69) is 15.5 Å². The fourth-order valence-electron chi connectivity index (χ4n) is 5.22. The number of nitrogens with one attached hydrogen (secondary N) is 2. The van der Waals surface area contributed by atoms with E-state index in [0.29, 0.717) is 32.5 Å². The number of benzene rings is 2. The third-order valence-corrected chi connectivity index (χ3v) is 7.97. The largest absolute Gasteiger partial charge is 0.497 e. The van der Waals surface area contributed by atoms with Crippen LogP contribution in [0, 0.1) is 0 Å². The van der Waals surface area contributed by atoms with E-state index in [-0.39, 0.29) is 24.1 Å². The molecule has 3 amide bonds. The SMILES string of the molecule is COc1ccc(CN2CC(NC(=O)OC(C)(C)C)CCC2=O)cc1.COc1ccc(CN2CC(NC(=O)OC(C)(C)C)CCC2=S)cc1. The Hall–Kier alpha value is -4.06. The van der Waals surface area contributed by atoms with E-state index in [4.69, 9.17) is 31.2 Å². The second kappa shape index (κ2) is 17.4. The van der Waals surface area contributed by atoms with Crippen LogP contribution in [0.2, 0.25) is 0 Å². The molecule has 0 aromatic heterocycles. The highest BCUT2D eigenvalue weighted by Gasteiger charge is 2.29. The number of rotatable bonds is 8. The lowest BCUT2D eigenvalue weighted by Crippen LogP contribution is -2.50. The number of nitrogens with zero attached hydrogens (tertiary/aromatic N) is 2. The zero-order valence-electron chi connectivity index (χ0n) is 29.6. The molecule has 2 aromatic rings. The average Bonchev–Trinajstić information content (AvgIpc) is 3.00. The summed E-state index contributed by atoms with van der Waals surface area (Å²) >= 11 is 5.49. The van der Waals surface area contributed by atoms with Crippen LogP contribution >= 0.6 is 12.2 Å². The van der Waals surface area contributed by atoms with E-state index >= 15 is 0 Å². The molecule has 2 fully saturated rings. The molecule has 0 bridgehead atoms. The Morgan fingerprint density at radius 2 is 1.10 bits per heavy atom. The number of methoxy groups -OCH3 is 2. The highest BCUT2D eigenvalue weighted by atomic mass is 32.1. The van der Waals surface area contributed by atoms with Crippen molar-refractivity contribution in [2.45, 2.75) is 104 Å². The van der Waals surface area contributed by atoms with E-state index in [1.54, 1.807) is 19.1 Å². The van der Waals surface area contributed by atoms with Crippen molar-refractivity contribution in [3.63, 3.8) is 0 Å². The summed E-state index contributed by atoms with van der Waals surface area (Å²) in [4.78, 5) is 40.8. The van der Waals surface area contributed by atoms with Crippen molar-refractivity contribution >= 4 is 35.3 Å². The number of piperidine rings is 2. The van der Waals surface area contributed by atoms with Crippen molar-refractivity contribution in [1.82, 2.24) is 20.4 Å². The van der Waals surface area contributed by atoms with Gasteiger partial charge in [-0.05, 0) is 96.2 Å². The summed E-state index contributed by atoms with van der Waals surface area (Å²) in [6.07, 6.45) is 1.90. The van der Waals surface area contributed by atoms with Gasteiger partial charge in [0.15, 0.2) is 0 Å². The first-order valence-electron chi connectivity index (χ1n) is 16.3. The lowest BCUT2D eigenvalue weighted by atomic mass is 10.0. The highest BCUT2D eigenvalue weighted by molar-refractivity contribution is 7.80. The third kappa shape index (κ3) is 13.6. The topological polar surface area (TPSA) is 119 Å². The quantitative estimate of drug-likeness (QED) is 0.313. The molecule has 2 unspecified atom stereocenters. The van der Waals surface area contributed by atoms with Gasteiger partial charge in [0, 0.05) is 32.6 Å². The van der Waals surface area contributed by atoms with Crippen molar-refractivity contribution in [2.75, 3.05) is 27.3 Å². The van der Waals surface area contributed by atoms with E-state index in [0.717, 1.165) is 47.0 Å². The van der Waals surface area contributed by atoms with Gasteiger partial charge in [-0.15, -0.1) is 0 Å². The van der Waals surface area contributed by atoms with Crippen LogP contribution in [0.15, 0.2) is 48.5 Å². The molecule has 4 rings (SSSR count). The summed E-state index contributed by atoms with van der Waals surface area (Å²) in [5, 5.41) is 5.80. The minimum atomic E-state index is -0.530. The number of hydrogen-bond acceptors (Lipinski definition) is 8. The van der Waals surface area contributed by atoms with Crippen LogP contribution < -0.4 is 20.1 Å². The molecule has 48 heavy (non-hydrogen) atoms. The Morgan fingerprint density at radius 3 is 1.52 bits per heavy atom. The molecule has 264 valence electrons. The smallest absolute Gasteiger partial charge is 0.407 e. The second-order valence-electron chi connectivity index (χ2n) is 14.0. The van der Waals surface area contributed by atoms with Crippen LogP contribution in [0.5, 0.6) is 11.5 Å². The first-order chi connectivity index (χ1) is 22.5. The van der Waals surface area contributed by atoms with E-state index in [1.807, 2.05) is 90.1 Å². The molecule has 2 aliphatic rings. The predicted molar refractivity (Wildman–Crippen MR) is 189 cm³/mol. The molecule has 2 saturated heterocycles. The summed E-state index contributed by atoms with van der Waals surface area (Å²) in [5.74, 6) is 1.73. The monoisotopic (exact) mass is 684 g/mol. The van der Waals surface area contributed by atoms with Crippen LogP contribution in [0.1, 0.15) is 78.4 Å². The molecule has 12 heteroatoms. The van der Waals surface area contributed by atoms with Crippen molar-refractivity contribution in [3.05, 3.63) is 59.7 Å². The first-order valence-corrected chi connectivity index (χ1v) is 16.7. The normalized spacial score (nSPS) is 18.2. The fraction of sp³-hybridized carbons (Fsp3) is 0.556. The van der Waals surface area contributed by atoms with E-state index < -0.39 is 17.3 Å². The molecule has 2 aliphatic heterocycles. The van der Waals surface area contributed by atoms with Crippen LogP contribution in [-0.2, 0) is 27.4 Å².